The molecule has 1 heterocycles. The van der Waals surface area contributed by atoms with Gasteiger partial charge >= 0.3 is 5.88 Å². The second-order valence-corrected chi connectivity index (χ2v) is 5.94. The lowest BCUT2D eigenvalue weighted by Gasteiger charge is -2.35. The van der Waals surface area contributed by atoms with Gasteiger partial charge in [0.15, 0.2) is 5.76 Å². The summed E-state index contributed by atoms with van der Waals surface area (Å²) in [6.07, 6.45) is 0. The maximum atomic E-state index is 12.6. The number of carbonyl (C=O) groups excluding carboxylic acids is 1. The van der Waals surface area contributed by atoms with E-state index in [4.69, 9.17) is 4.42 Å². The highest BCUT2D eigenvalue weighted by atomic mass is 16.6. The summed E-state index contributed by atoms with van der Waals surface area (Å²) < 4.78 is 5.03. The quantitative estimate of drug-likeness (QED) is 0.638. The van der Waals surface area contributed by atoms with Crippen molar-refractivity contribution < 1.29 is 14.1 Å². The highest BCUT2D eigenvalue weighted by Crippen LogP contribution is 2.23. The van der Waals surface area contributed by atoms with Crippen LogP contribution in [0.15, 0.2) is 46.9 Å². The van der Waals surface area contributed by atoms with Gasteiger partial charge < -0.3 is 9.32 Å². The Kier molecular flexibility index (Phi) is 4.30. The van der Waals surface area contributed by atoms with Gasteiger partial charge in [0.05, 0.1) is 6.07 Å². The van der Waals surface area contributed by atoms with E-state index in [0.717, 1.165) is 5.56 Å². The normalized spacial score (nSPS) is 11.2. The molecule has 0 aliphatic heterocycles. The molecule has 0 spiro atoms. The highest BCUT2D eigenvalue weighted by Gasteiger charge is 2.30. The van der Waals surface area contributed by atoms with Crippen LogP contribution in [0.25, 0.3) is 0 Å². The van der Waals surface area contributed by atoms with Crippen LogP contribution < -0.4 is 0 Å². The first-order valence-corrected chi connectivity index (χ1v) is 6.89. The fraction of sp³-hybridized carbons (Fsp3) is 0.312. The van der Waals surface area contributed by atoms with Gasteiger partial charge in [-0.25, -0.2) is 0 Å². The maximum absolute atomic E-state index is 12.6. The van der Waals surface area contributed by atoms with Crippen LogP contribution in [0.4, 0.5) is 5.88 Å². The van der Waals surface area contributed by atoms with Crippen molar-refractivity contribution in [1.82, 2.24) is 4.90 Å². The summed E-state index contributed by atoms with van der Waals surface area (Å²) in [5.41, 5.74) is 0.529. The molecule has 22 heavy (non-hydrogen) atoms. The van der Waals surface area contributed by atoms with Crippen LogP contribution in [0.2, 0.25) is 0 Å². The van der Waals surface area contributed by atoms with E-state index in [-0.39, 0.29) is 11.7 Å². The van der Waals surface area contributed by atoms with Gasteiger partial charge in [0.1, 0.15) is 4.92 Å². The summed E-state index contributed by atoms with van der Waals surface area (Å²) in [6.45, 7) is 6.12. The Balaban J connectivity index is 2.28. The number of nitro groups is 1. The zero-order valence-electron chi connectivity index (χ0n) is 12.8. The van der Waals surface area contributed by atoms with Crippen molar-refractivity contribution in [3.05, 3.63) is 63.9 Å². The molecule has 0 aliphatic carbocycles. The Morgan fingerprint density at radius 2 is 1.82 bits per heavy atom. The summed E-state index contributed by atoms with van der Waals surface area (Å²) in [5, 5.41) is 10.7. The van der Waals surface area contributed by atoms with E-state index in [1.54, 1.807) is 4.90 Å². The number of furan rings is 1. The Morgan fingerprint density at radius 1 is 1.18 bits per heavy atom. The molecule has 6 heteroatoms. The van der Waals surface area contributed by atoms with Crippen molar-refractivity contribution in [3.63, 3.8) is 0 Å². The number of hydrogen-bond donors (Lipinski definition) is 0. The van der Waals surface area contributed by atoms with E-state index in [2.05, 4.69) is 0 Å². The van der Waals surface area contributed by atoms with Gasteiger partial charge in [-0.2, -0.15) is 0 Å². The molecule has 1 amide bonds. The van der Waals surface area contributed by atoms with Crippen LogP contribution in [0.1, 0.15) is 36.9 Å². The molecule has 0 atom stereocenters. The molecular weight excluding hydrogens is 284 g/mol. The number of nitrogens with zero attached hydrogens (tertiary/aromatic N) is 2. The third-order valence-electron chi connectivity index (χ3n) is 3.22. The molecule has 1 aromatic heterocycles. The van der Waals surface area contributed by atoms with Crippen molar-refractivity contribution in [2.75, 3.05) is 0 Å². The van der Waals surface area contributed by atoms with Gasteiger partial charge in [0, 0.05) is 12.1 Å². The molecule has 6 nitrogen and oxygen atoms in total. The minimum atomic E-state index is -0.657. The molecule has 0 unspecified atom stereocenters. The predicted octanol–water partition coefficient (Wildman–Crippen LogP) is 3.63. The zero-order chi connectivity index (χ0) is 16.3. The third-order valence-corrected chi connectivity index (χ3v) is 3.22. The van der Waals surface area contributed by atoms with Crippen molar-refractivity contribution in [3.8, 4) is 0 Å². The van der Waals surface area contributed by atoms with Crippen LogP contribution in [-0.2, 0) is 6.54 Å². The predicted molar refractivity (Wildman–Crippen MR) is 81.4 cm³/mol. The highest BCUT2D eigenvalue weighted by molar-refractivity contribution is 5.92. The van der Waals surface area contributed by atoms with Gasteiger partial charge in [0.2, 0.25) is 0 Å². The summed E-state index contributed by atoms with van der Waals surface area (Å²) in [6, 6.07) is 12.1. The molecular formula is C16H18N2O4. The zero-order valence-corrected chi connectivity index (χ0v) is 12.8. The lowest BCUT2D eigenvalue weighted by Crippen LogP contribution is -2.44. The molecule has 0 bridgehead atoms. The fourth-order valence-electron chi connectivity index (χ4n) is 2.05. The average Bonchev–Trinajstić information content (AvgIpc) is 2.94. The largest absolute Gasteiger partial charge is 0.433 e. The Morgan fingerprint density at radius 3 is 2.32 bits per heavy atom. The first-order valence-electron chi connectivity index (χ1n) is 6.89. The Labute approximate surface area is 128 Å². The van der Waals surface area contributed by atoms with Gasteiger partial charge in [-0.15, -0.1) is 0 Å². The number of carbonyl (C=O) groups is 1. The van der Waals surface area contributed by atoms with Gasteiger partial charge in [0.25, 0.3) is 5.91 Å². The second kappa shape index (κ2) is 6.01. The van der Waals surface area contributed by atoms with Crippen molar-refractivity contribution in [2.45, 2.75) is 32.9 Å². The molecule has 0 saturated carbocycles. The third kappa shape index (κ3) is 3.52. The van der Waals surface area contributed by atoms with E-state index in [0.29, 0.717) is 6.54 Å². The molecule has 2 rings (SSSR count). The first kappa shape index (κ1) is 15.8. The van der Waals surface area contributed by atoms with Crippen molar-refractivity contribution >= 4 is 11.8 Å². The molecule has 116 valence electrons. The topological polar surface area (TPSA) is 76.6 Å². The minimum Gasteiger partial charge on any atom is -0.395 e. The lowest BCUT2D eigenvalue weighted by molar-refractivity contribution is -0.402. The van der Waals surface area contributed by atoms with E-state index in [1.807, 2.05) is 51.1 Å². The summed E-state index contributed by atoms with van der Waals surface area (Å²) in [7, 11) is 0. The van der Waals surface area contributed by atoms with Crippen LogP contribution in [0, 0.1) is 10.1 Å². The van der Waals surface area contributed by atoms with Gasteiger partial charge in [-0.05, 0) is 32.4 Å². The smallest absolute Gasteiger partial charge is 0.395 e. The van der Waals surface area contributed by atoms with Crippen LogP contribution in [0.5, 0.6) is 0 Å². The minimum absolute atomic E-state index is 0.0300. The first-order chi connectivity index (χ1) is 10.3. The van der Waals surface area contributed by atoms with Gasteiger partial charge in [-0.1, -0.05) is 30.3 Å². The molecule has 0 saturated heterocycles. The fourth-order valence-corrected chi connectivity index (χ4v) is 2.05. The summed E-state index contributed by atoms with van der Waals surface area (Å²) in [5.74, 6) is -0.834. The number of hydrogen-bond acceptors (Lipinski definition) is 4. The van der Waals surface area contributed by atoms with Gasteiger partial charge in [-0.3, -0.25) is 14.9 Å². The maximum Gasteiger partial charge on any atom is 0.433 e. The molecule has 2 aromatic rings. The standard InChI is InChI=1S/C16H18N2O4/c1-16(2,3)17(11-12-7-5-4-6-8-12)15(19)13-9-10-14(22-13)18(20)21/h4-10H,11H2,1-3H3. The van der Waals surface area contributed by atoms with E-state index < -0.39 is 16.3 Å². The molecule has 0 aliphatic rings. The van der Waals surface area contributed by atoms with Crippen LogP contribution in [0.3, 0.4) is 0 Å². The molecule has 0 N–H and O–H groups in total. The number of rotatable bonds is 4. The summed E-state index contributed by atoms with van der Waals surface area (Å²) >= 11 is 0. The monoisotopic (exact) mass is 302 g/mol. The number of amides is 1. The van der Waals surface area contributed by atoms with Crippen LogP contribution in [-0.4, -0.2) is 21.3 Å². The molecule has 0 radical (unpaired) electrons. The number of benzene rings is 1. The summed E-state index contributed by atoms with van der Waals surface area (Å²) in [4.78, 5) is 24.3. The Bertz CT molecular complexity index is 671. The van der Waals surface area contributed by atoms with E-state index in [1.165, 1.54) is 12.1 Å². The average molecular weight is 302 g/mol. The second-order valence-electron chi connectivity index (χ2n) is 5.94. The lowest BCUT2D eigenvalue weighted by atomic mass is 10.0. The van der Waals surface area contributed by atoms with E-state index >= 15 is 0 Å². The SMILES string of the molecule is CC(C)(C)N(Cc1ccccc1)C(=O)c1ccc([N+](=O)[O-])o1. The van der Waals surface area contributed by atoms with Crippen molar-refractivity contribution in [2.24, 2.45) is 0 Å². The Hall–Kier alpha value is -2.63. The van der Waals surface area contributed by atoms with Crippen molar-refractivity contribution in [1.29, 1.82) is 0 Å². The van der Waals surface area contributed by atoms with Crippen LogP contribution >= 0.6 is 0 Å². The molecule has 0 fully saturated rings. The molecule has 1 aromatic carbocycles. The van der Waals surface area contributed by atoms with E-state index in [9.17, 15) is 14.9 Å².